The molecular formula is C17H13FN3OU-. The molecule has 6 heteroatoms. The first kappa shape index (κ1) is 17.8. The Bertz CT molecular complexity index is 766. The standard InChI is InChI=1S/C17H13FN3O.U/c18-15-12(16(20)11-5-6-11)2-1-3-13(15)17(22)14-7-4-10(8-19)9-21-14;/h1-2,4,7,9,11,16H,5-6,20H2;/q-1;/t16-;/m1./s1. The number of hydrogen-bond acceptors (Lipinski definition) is 4. The second-order valence-electron chi connectivity index (χ2n) is 5.36. The number of halogens is 1. The van der Waals surface area contributed by atoms with Gasteiger partial charge in [-0.05, 0) is 30.9 Å². The van der Waals surface area contributed by atoms with Crippen molar-refractivity contribution in [2.24, 2.45) is 11.7 Å². The summed E-state index contributed by atoms with van der Waals surface area (Å²) >= 11 is 0. The van der Waals surface area contributed by atoms with Crippen LogP contribution >= 0.6 is 0 Å². The van der Waals surface area contributed by atoms with Crippen LogP contribution in [0.1, 0.15) is 46.1 Å². The Morgan fingerprint density at radius 1 is 1.43 bits per heavy atom. The molecular weight excluding hydrogens is 519 g/mol. The molecule has 1 aromatic carbocycles. The zero-order valence-electron chi connectivity index (χ0n) is 12.2. The molecule has 1 atom stereocenters. The molecule has 2 N–H and O–H groups in total. The maximum atomic E-state index is 14.6. The first-order valence-corrected chi connectivity index (χ1v) is 6.98. The van der Waals surface area contributed by atoms with Gasteiger partial charge in [-0.15, -0.1) is 18.2 Å². The van der Waals surface area contributed by atoms with Gasteiger partial charge in [0, 0.05) is 49.2 Å². The van der Waals surface area contributed by atoms with Crippen molar-refractivity contribution >= 4 is 5.78 Å². The molecule has 0 spiro atoms. The van der Waals surface area contributed by atoms with Crippen molar-refractivity contribution < 1.29 is 40.3 Å². The van der Waals surface area contributed by atoms with Crippen LogP contribution < -0.4 is 5.73 Å². The predicted molar refractivity (Wildman–Crippen MR) is 77.3 cm³/mol. The molecule has 1 aliphatic carbocycles. The number of benzene rings is 1. The van der Waals surface area contributed by atoms with E-state index in [1.807, 2.05) is 6.07 Å². The third-order valence-corrected chi connectivity index (χ3v) is 3.80. The average Bonchev–Trinajstić information content (AvgIpc) is 3.39. The number of nitrogens with zero attached hydrogens (tertiary/aromatic N) is 2. The molecule has 0 radical (unpaired) electrons. The van der Waals surface area contributed by atoms with Crippen molar-refractivity contribution in [1.29, 1.82) is 5.26 Å². The first-order valence-electron chi connectivity index (χ1n) is 6.98. The van der Waals surface area contributed by atoms with Crippen LogP contribution in [0, 0.1) is 60.2 Å². The largest absolute Gasteiger partial charge is 0.345 e. The Kier molecular flexibility index (Phi) is 5.70. The second-order valence-corrected chi connectivity index (χ2v) is 5.36. The van der Waals surface area contributed by atoms with Crippen molar-refractivity contribution in [2.45, 2.75) is 18.9 Å². The van der Waals surface area contributed by atoms with Crippen molar-refractivity contribution in [3.05, 3.63) is 64.7 Å². The molecule has 1 aromatic heterocycles. The predicted octanol–water partition coefficient (Wildman–Crippen LogP) is 2.53. The van der Waals surface area contributed by atoms with Crippen molar-refractivity contribution in [1.82, 2.24) is 4.98 Å². The van der Waals surface area contributed by atoms with E-state index in [1.165, 1.54) is 24.4 Å². The number of carbonyl (C=O) groups excluding carboxylic acids is 1. The van der Waals surface area contributed by atoms with E-state index in [-0.39, 0.29) is 48.3 Å². The molecule has 23 heavy (non-hydrogen) atoms. The van der Waals surface area contributed by atoms with Crippen molar-refractivity contribution in [3.8, 4) is 6.07 Å². The quantitative estimate of drug-likeness (QED) is 0.485. The second kappa shape index (κ2) is 7.36. The van der Waals surface area contributed by atoms with Gasteiger partial charge in [0.15, 0.2) is 0 Å². The van der Waals surface area contributed by atoms with E-state index in [0.29, 0.717) is 11.1 Å². The van der Waals surface area contributed by atoms with Gasteiger partial charge in [0.1, 0.15) is 11.9 Å². The fourth-order valence-electron chi connectivity index (χ4n) is 2.35. The number of pyridine rings is 1. The number of ketones is 1. The smallest absolute Gasteiger partial charge is 0.129 e. The Labute approximate surface area is 157 Å². The van der Waals surface area contributed by atoms with Gasteiger partial charge in [-0.25, -0.2) is 0 Å². The molecule has 1 fully saturated rings. The number of rotatable bonds is 4. The van der Waals surface area contributed by atoms with E-state index < -0.39 is 17.6 Å². The van der Waals surface area contributed by atoms with E-state index in [4.69, 9.17) is 11.0 Å². The summed E-state index contributed by atoms with van der Waals surface area (Å²) in [5.74, 6) is -0.905. The van der Waals surface area contributed by atoms with E-state index in [1.54, 1.807) is 6.07 Å². The summed E-state index contributed by atoms with van der Waals surface area (Å²) in [6.07, 6.45) is 3.25. The van der Waals surface area contributed by atoms with Crippen LogP contribution in [0.3, 0.4) is 0 Å². The summed E-state index contributed by atoms with van der Waals surface area (Å²) in [4.78, 5) is 16.3. The van der Waals surface area contributed by atoms with Gasteiger partial charge in [0.05, 0.1) is 11.3 Å². The SMILES string of the molecule is N#Cc1ccc(C(=O)c2[c-]ccc([C@H](N)C3CC3)c2F)nc1.[U]. The summed E-state index contributed by atoms with van der Waals surface area (Å²) in [6.45, 7) is 0. The Morgan fingerprint density at radius 2 is 2.17 bits per heavy atom. The molecule has 114 valence electrons. The molecule has 0 aliphatic heterocycles. The summed E-state index contributed by atoms with van der Waals surface area (Å²) in [5, 5.41) is 8.73. The molecule has 3 rings (SSSR count). The van der Waals surface area contributed by atoms with E-state index in [2.05, 4.69) is 11.1 Å². The monoisotopic (exact) mass is 532 g/mol. The molecule has 2 aromatic rings. The molecule has 4 nitrogen and oxygen atoms in total. The van der Waals surface area contributed by atoms with Gasteiger partial charge in [0.2, 0.25) is 0 Å². The fraction of sp³-hybridized carbons (Fsp3) is 0.235. The first-order chi connectivity index (χ1) is 10.6. The summed E-state index contributed by atoms with van der Waals surface area (Å²) in [6, 6.07) is 10.1. The van der Waals surface area contributed by atoms with Crippen LogP contribution in [-0.4, -0.2) is 10.8 Å². The third-order valence-electron chi connectivity index (χ3n) is 3.80. The van der Waals surface area contributed by atoms with E-state index >= 15 is 0 Å². The maximum absolute atomic E-state index is 14.6. The minimum absolute atomic E-state index is 0. The molecule has 1 heterocycles. The molecule has 1 aliphatic rings. The van der Waals surface area contributed by atoms with E-state index in [9.17, 15) is 9.18 Å². The molecule has 0 amide bonds. The topological polar surface area (TPSA) is 79.8 Å². The zero-order chi connectivity index (χ0) is 15.7. The number of nitriles is 1. The Balaban J connectivity index is 0.00000192. The van der Waals surface area contributed by atoms with Crippen LogP contribution in [-0.2, 0) is 0 Å². The van der Waals surface area contributed by atoms with Gasteiger partial charge in [0.25, 0.3) is 0 Å². The molecule has 0 unspecified atom stereocenters. The summed E-state index contributed by atoms with van der Waals surface area (Å²) < 4.78 is 14.6. The molecule has 1 saturated carbocycles. The minimum Gasteiger partial charge on any atom is -0.345 e. The molecule has 0 saturated heterocycles. The van der Waals surface area contributed by atoms with Gasteiger partial charge in [-0.2, -0.15) is 5.26 Å². The van der Waals surface area contributed by atoms with Crippen LogP contribution in [0.4, 0.5) is 4.39 Å². The molecule has 0 bridgehead atoms. The number of aromatic nitrogens is 1. The minimum atomic E-state index is -0.627. The fourth-order valence-corrected chi connectivity index (χ4v) is 2.35. The third kappa shape index (κ3) is 3.70. The van der Waals surface area contributed by atoms with Gasteiger partial charge < -0.3 is 10.5 Å². The van der Waals surface area contributed by atoms with Crippen LogP contribution in [0.15, 0.2) is 30.5 Å². The Morgan fingerprint density at radius 3 is 2.74 bits per heavy atom. The zero-order valence-corrected chi connectivity index (χ0v) is 16.4. The van der Waals surface area contributed by atoms with Crippen LogP contribution in [0.5, 0.6) is 0 Å². The van der Waals surface area contributed by atoms with Gasteiger partial charge in [-0.3, -0.25) is 9.37 Å². The van der Waals surface area contributed by atoms with Crippen LogP contribution in [0.2, 0.25) is 0 Å². The van der Waals surface area contributed by atoms with Crippen molar-refractivity contribution in [3.63, 3.8) is 0 Å². The van der Waals surface area contributed by atoms with Crippen LogP contribution in [0.25, 0.3) is 0 Å². The number of carbonyl (C=O) groups is 1. The van der Waals surface area contributed by atoms with E-state index in [0.717, 1.165) is 12.8 Å². The van der Waals surface area contributed by atoms with Gasteiger partial charge >= 0.3 is 0 Å². The maximum Gasteiger partial charge on any atom is 0.129 e. The number of hydrogen-bond donors (Lipinski definition) is 1. The Hall–Kier alpha value is -1.53. The number of nitrogens with two attached hydrogens (primary N) is 1. The average molecular weight is 532 g/mol. The normalized spacial score (nSPS) is 14.5. The van der Waals surface area contributed by atoms with Gasteiger partial charge in [-0.1, -0.05) is 11.1 Å². The van der Waals surface area contributed by atoms with Crippen molar-refractivity contribution in [2.75, 3.05) is 0 Å². The summed E-state index contributed by atoms with van der Waals surface area (Å²) in [5.41, 5.74) is 6.63. The summed E-state index contributed by atoms with van der Waals surface area (Å²) in [7, 11) is 0.